The van der Waals surface area contributed by atoms with Gasteiger partial charge < -0.3 is 10.6 Å². The summed E-state index contributed by atoms with van der Waals surface area (Å²) in [5, 5.41) is 9.48. The molecule has 0 saturated heterocycles. The van der Waals surface area contributed by atoms with E-state index in [1.165, 1.54) is 10.7 Å². The molecule has 152 valence electrons. The Kier molecular flexibility index (Phi) is 5.31. The summed E-state index contributed by atoms with van der Waals surface area (Å²) in [4.78, 5) is 27.9. The number of carbonyl (C=O) groups excluding carboxylic acids is 2. The Hall–Kier alpha value is -2.65. The molecule has 7 nitrogen and oxygen atoms in total. The minimum atomic E-state index is -4.35. The number of hydrogen-bond acceptors (Lipinski definition) is 4. The monoisotopic (exact) mass is 397 g/mol. The van der Waals surface area contributed by atoms with E-state index in [2.05, 4.69) is 34.6 Å². The van der Waals surface area contributed by atoms with Crippen LogP contribution in [-0.2, 0) is 22.7 Å². The molecule has 2 aromatic rings. The zero-order valence-electron chi connectivity index (χ0n) is 15.6. The molecule has 10 heteroatoms. The quantitative estimate of drug-likeness (QED) is 0.751. The van der Waals surface area contributed by atoms with Crippen LogP contribution in [0.25, 0.3) is 5.65 Å². The van der Waals surface area contributed by atoms with E-state index in [4.69, 9.17) is 0 Å². The number of halogens is 3. The summed E-state index contributed by atoms with van der Waals surface area (Å²) in [7, 11) is 0. The number of fused-ring (bicyclic) bond motifs is 1. The van der Waals surface area contributed by atoms with Crippen LogP contribution < -0.4 is 10.6 Å². The van der Waals surface area contributed by atoms with Crippen molar-refractivity contribution < 1.29 is 22.8 Å². The summed E-state index contributed by atoms with van der Waals surface area (Å²) in [5.41, 5.74) is 1.85. The molecule has 0 bridgehead atoms. The Morgan fingerprint density at radius 3 is 2.64 bits per heavy atom. The first-order chi connectivity index (χ1) is 13.0. The van der Waals surface area contributed by atoms with Crippen LogP contribution in [0.1, 0.15) is 44.4 Å². The number of alkyl halides is 3. The molecule has 0 spiro atoms. The van der Waals surface area contributed by atoms with Crippen molar-refractivity contribution >= 4 is 17.5 Å². The minimum Gasteiger partial charge on any atom is -0.352 e. The Morgan fingerprint density at radius 2 is 2.00 bits per heavy atom. The van der Waals surface area contributed by atoms with Gasteiger partial charge in [0.15, 0.2) is 5.65 Å². The lowest BCUT2D eigenvalue weighted by Gasteiger charge is -2.07. The van der Waals surface area contributed by atoms with Gasteiger partial charge in [0.05, 0.1) is 31.1 Å². The molecule has 0 radical (unpaired) electrons. The second kappa shape index (κ2) is 7.40. The Bertz CT molecular complexity index is 891. The third kappa shape index (κ3) is 5.20. The molecular formula is C18H22F3N5O2. The summed E-state index contributed by atoms with van der Waals surface area (Å²) < 4.78 is 37.9. The average molecular weight is 397 g/mol. The van der Waals surface area contributed by atoms with Gasteiger partial charge in [-0.3, -0.25) is 9.59 Å². The second-order valence-electron chi connectivity index (χ2n) is 7.75. The third-order valence-corrected chi connectivity index (χ3v) is 4.83. The van der Waals surface area contributed by atoms with E-state index >= 15 is 0 Å². The first-order valence-corrected chi connectivity index (χ1v) is 8.98. The van der Waals surface area contributed by atoms with Crippen LogP contribution in [-0.4, -0.2) is 32.6 Å². The van der Waals surface area contributed by atoms with Crippen LogP contribution in [0.2, 0.25) is 0 Å². The van der Waals surface area contributed by atoms with Gasteiger partial charge in [-0.1, -0.05) is 13.8 Å². The van der Waals surface area contributed by atoms with E-state index in [1.54, 1.807) is 12.3 Å². The largest absolute Gasteiger partial charge is 0.389 e. The van der Waals surface area contributed by atoms with E-state index in [1.807, 2.05) is 0 Å². The van der Waals surface area contributed by atoms with E-state index in [-0.39, 0.29) is 30.3 Å². The zero-order valence-corrected chi connectivity index (χ0v) is 15.6. The molecule has 1 unspecified atom stereocenters. The molecule has 2 amide bonds. The van der Waals surface area contributed by atoms with Crippen molar-refractivity contribution in [1.29, 1.82) is 0 Å². The van der Waals surface area contributed by atoms with Crippen LogP contribution >= 0.6 is 0 Å². The number of nitrogens with one attached hydrogen (secondary N) is 2. The van der Waals surface area contributed by atoms with E-state index in [9.17, 15) is 22.8 Å². The fraction of sp³-hybridized carbons (Fsp3) is 0.556. The molecule has 2 N–H and O–H groups in total. The van der Waals surface area contributed by atoms with Gasteiger partial charge >= 0.3 is 6.18 Å². The molecule has 1 atom stereocenters. The number of aromatic nitrogens is 3. The SMILES string of the molecule is CC1(C)CC1C(=O)NCc1cn2ncc(CNC(=O)CCC(F)(F)F)cc2n1. The molecule has 1 saturated carbocycles. The molecule has 2 heterocycles. The number of hydrogen-bond donors (Lipinski definition) is 2. The van der Waals surface area contributed by atoms with Gasteiger partial charge in [0, 0.05) is 18.9 Å². The van der Waals surface area contributed by atoms with Gasteiger partial charge in [-0.05, 0) is 23.5 Å². The number of imidazole rings is 1. The maximum Gasteiger partial charge on any atom is 0.389 e. The Labute approximate surface area is 159 Å². The normalized spacial score (nSPS) is 18.1. The first kappa shape index (κ1) is 20.1. The van der Waals surface area contributed by atoms with Gasteiger partial charge in [-0.25, -0.2) is 9.50 Å². The molecule has 0 aromatic carbocycles. The lowest BCUT2D eigenvalue weighted by molar-refractivity contribution is -0.144. The highest BCUT2D eigenvalue weighted by Gasteiger charge is 2.50. The van der Waals surface area contributed by atoms with Crippen LogP contribution in [0.5, 0.6) is 0 Å². The number of carbonyl (C=O) groups is 2. The van der Waals surface area contributed by atoms with Crippen molar-refractivity contribution in [3.8, 4) is 0 Å². The molecule has 2 aromatic heterocycles. The molecule has 1 aliphatic carbocycles. The average Bonchev–Trinajstić information content (AvgIpc) is 3.07. The van der Waals surface area contributed by atoms with E-state index in [0.29, 0.717) is 16.9 Å². The van der Waals surface area contributed by atoms with Gasteiger partial charge in [-0.15, -0.1) is 0 Å². The van der Waals surface area contributed by atoms with Gasteiger partial charge in [0.25, 0.3) is 0 Å². The number of amides is 2. The standard InChI is InChI=1S/C18H22F3N5O2/c1-17(2)6-13(17)16(28)23-9-12-10-26-14(25-12)5-11(8-24-26)7-22-15(27)3-4-18(19,20)21/h5,8,10,13H,3-4,6-7,9H2,1-2H3,(H,22,27)(H,23,28). The van der Waals surface area contributed by atoms with E-state index in [0.717, 1.165) is 6.42 Å². The highest BCUT2D eigenvalue weighted by Crippen LogP contribution is 2.51. The molecular weight excluding hydrogens is 375 g/mol. The predicted octanol–water partition coefficient (Wildman–Crippen LogP) is 2.35. The van der Waals surface area contributed by atoms with Crippen molar-refractivity contribution in [2.24, 2.45) is 11.3 Å². The lowest BCUT2D eigenvalue weighted by atomic mass is 10.1. The smallest absolute Gasteiger partial charge is 0.352 e. The lowest BCUT2D eigenvalue weighted by Crippen LogP contribution is -2.26. The Morgan fingerprint density at radius 1 is 1.29 bits per heavy atom. The molecule has 0 aliphatic heterocycles. The van der Waals surface area contributed by atoms with E-state index < -0.39 is 24.9 Å². The van der Waals surface area contributed by atoms with Crippen molar-refractivity contribution in [1.82, 2.24) is 25.2 Å². The first-order valence-electron chi connectivity index (χ1n) is 8.98. The van der Waals surface area contributed by atoms with Crippen LogP contribution in [0.4, 0.5) is 13.2 Å². The fourth-order valence-electron chi connectivity index (χ4n) is 2.91. The number of nitrogens with zero attached hydrogens (tertiary/aromatic N) is 3. The number of rotatable bonds is 7. The predicted molar refractivity (Wildman–Crippen MR) is 93.9 cm³/mol. The van der Waals surface area contributed by atoms with Gasteiger partial charge in [0.2, 0.25) is 11.8 Å². The zero-order chi connectivity index (χ0) is 20.5. The van der Waals surface area contributed by atoms with Gasteiger partial charge in [0.1, 0.15) is 0 Å². The van der Waals surface area contributed by atoms with Crippen molar-refractivity contribution in [2.75, 3.05) is 0 Å². The van der Waals surface area contributed by atoms with Crippen molar-refractivity contribution in [2.45, 2.75) is 52.4 Å². The molecule has 3 rings (SSSR count). The third-order valence-electron chi connectivity index (χ3n) is 4.83. The summed E-state index contributed by atoms with van der Waals surface area (Å²) in [6, 6.07) is 1.69. The summed E-state index contributed by atoms with van der Waals surface area (Å²) in [6.07, 6.45) is -2.03. The molecule has 1 fully saturated rings. The topological polar surface area (TPSA) is 88.4 Å². The van der Waals surface area contributed by atoms with Crippen LogP contribution in [0.3, 0.4) is 0 Å². The van der Waals surface area contributed by atoms with Crippen molar-refractivity contribution in [3.63, 3.8) is 0 Å². The van der Waals surface area contributed by atoms with Gasteiger partial charge in [-0.2, -0.15) is 18.3 Å². The summed E-state index contributed by atoms with van der Waals surface area (Å²) in [5.74, 6) is -0.626. The summed E-state index contributed by atoms with van der Waals surface area (Å²) >= 11 is 0. The maximum atomic E-state index is 12.1. The molecule has 28 heavy (non-hydrogen) atoms. The highest BCUT2D eigenvalue weighted by molar-refractivity contribution is 5.82. The van der Waals surface area contributed by atoms with Crippen LogP contribution in [0, 0.1) is 11.3 Å². The second-order valence-corrected chi connectivity index (χ2v) is 7.75. The summed E-state index contributed by atoms with van der Waals surface area (Å²) in [6.45, 7) is 4.46. The van der Waals surface area contributed by atoms with Crippen molar-refractivity contribution in [3.05, 3.63) is 29.7 Å². The maximum absolute atomic E-state index is 12.1. The molecule has 1 aliphatic rings. The Balaban J connectivity index is 1.52. The minimum absolute atomic E-state index is 0.0114. The highest BCUT2D eigenvalue weighted by atomic mass is 19.4. The van der Waals surface area contributed by atoms with Crippen LogP contribution in [0.15, 0.2) is 18.5 Å². The fourth-order valence-corrected chi connectivity index (χ4v) is 2.91.